The second-order valence-corrected chi connectivity index (χ2v) is 5.09. The van der Waals surface area contributed by atoms with Gasteiger partial charge in [-0.3, -0.25) is 0 Å². The van der Waals surface area contributed by atoms with Crippen molar-refractivity contribution in [2.24, 2.45) is 0 Å². The Morgan fingerprint density at radius 1 is 1.53 bits per heavy atom. The van der Waals surface area contributed by atoms with Crippen molar-refractivity contribution in [3.63, 3.8) is 0 Å². The van der Waals surface area contributed by atoms with Gasteiger partial charge >= 0.3 is 0 Å². The average Bonchev–Trinajstić information content (AvgIpc) is 2.28. The molecule has 0 amide bonds. The van der Waals surface area contributed by atoms with Crippen LogP contribution < -0.4 is 4.90 Å². The quantitative estimate of drug-likeness (QED) is 0.636. The van der Waals surface area contributed by atoms with Crippen molar-refractivity contribution in [1.29, 1.82) is 0 Å². The molecule has 17 heavy (non-hydrogen) atoms. The van der Waals surface area contributed by atoms with Gasteiger partial charge in [-0.25, -0.2) is 0 Å². The summed E-state index contributed by atoms with van der Waals surface area (Å²) in [6.07, 6.45) is 3.65. The van der Waals surface area contributed by atoms with E-state index in [-0.39, 0.29) is 0 Å². The molecule has 0 aromatic heterocycles. The molecule has 0 spiro atoms. The fraction of sp³-hybridized carbons (Fsp3) is 0.429. The van der Waals surface area contributed by atoms with Crippen LogP contribution in [0.2, 0.25) is 0 Å². The van der Waals surface area contributed by atoms with Crippen molar-refractivity contribution in [3.8, 4) is 0 Å². The summed E-state index contributed by atoms with van der Waals surface area (Å²) < 4.78 is 0.959. The zero-order chi connectivity index (χ0) is 12.8. The molecule has 0 saturated heterocycles. The van der Waals surface area contributed by atoms with Gasteiger partial charge in [0.05, 0.1) is 6.10 Å². The van der Waals surface area contributed by atoms with Gasteiger partial charge in [-0.15, -0.1) is 6.58 Å². The summed E-state index contributed by atoms with van der Waals surface area (Å²) in [7, 11) is 2.08. The first-order chi connectivity index (χ1) is 8.06. The monoisotopic (exact) mass is 297 g/mol. The molecule has 1 aromatic rings. The topological polar surface area (TPSA) is 23.5 Å². The number of nitrogens with zero attached hydrogens (tertiary/aromatic N) is 1. The summed E-state index contributed by atoms with van der Waals surface area (Å²) in [5.74, 6) is 0. The second kappa shape index (κ2) is 6.82. The predicted molar refractivity (Wildman–Crippen MR) is 77.5 cm³/mol. The lowest BCUT2D eigenvalue weighted by Crippen LogP contribution is -2.18. The van der Waals surface area contributed by atoms with Gasteiger partial charge in [0.25, 0.3) is 0 Å². The van der Waals surface area contributed by atoms with Gasteiger partial charge < -0.3 is 10.0 Å². The standard InChI is InChI=1S/C14H20BrNO/c1-4-5-6-9-16(3)12-7-8-13(11(2)17)14(15)10-12/h4,7-8,10-11,17H,1,5-6,9H2,2-3H3/t11-/m1/s1. The van der Waals surface area contributed by atoms with Gasteiger partial charge in [-0.1, -0.05) is 28.1 Å². The number of unbranched alkanes of at least 4 members (excludes halogenated alkanes) is 1. The first-order valence-corrected chi connectivity index (χ1v) is 6.65. The molecule has 3 heteroatoms. The van der Waals surface area contributed by atoms with E-state index in [1.54, 1.807) is 6.92 Å². The molecular weight excluding hydrogens is 278 g/mol. The number of anilines is 1. The Labute approximate surface area is 112 Å². The highest BCUT2D eigenvalue weighted by Crippen LogP contribution is 2.27. The molecule has 0 saturated carbocycles. The lowest BCUT2D eigenvalue weighted by Gasteiger charge is -2.20. The fourth-order valence-electron chi connectivity index (χ4n) is 1.69. The average molecular weight is 298 g/mol. The molecule has 0 aliphatic heterocycles. The third kappa shape index (κ3) is 4.17. The molecule has 0 aliphatic rings. The minimum atomic E-state index is -0.440. The SMILES string of the molecule is C=CCCCN(C)c1ccc([C@@H](C)O)c(Br)c1. The van der Waals surface area contributed by atoms with Crippen LogP contribution in [0.3, 0.4) is 0 Å². The van der Waals surface area contributed by atoms with Gasteiger partial charge in [-0.05, 0) is 37.5 Å². The molecule has 0 unspecified atom stereocenters. The Morgan fingerprint density at radius 2 is 2.24 bits per heavy atom. The first kappa shape index (κ1) is 14.3. The number of halogens is 1. The van der Waals surface area contributed by atoms with E-state index in [9.17, 15) is 5.11 Å². The summed E-state index contributed by atoms with van der Waals surface area (Å²) in [5, 5.41) is 9.55. The Balaban J connectivity index is 2.72. The number of aliphatic hydroxyl groups excluding tert-OH is 1. The Morgan fingerprint density at radius 3 is 2.76 bits per heavy atom. The van der Waals surface area contributed by atoms with Crippen molar-refractivity contribution in [2.75, 3.05) is 18.5 Å². The molecule has 94 valence electrons. The number of aliphatic hydroxyl groups is 1. The molecule has 0 radical (unpaired) electrons. The van der Waals surface area contributed by atoms with E-state index in [1.807, 2.05) is 18.2 Å². The minimum Gasteiger partial charge on any atom is -0.389 e. The molecule has 1 atom stereocenters. The highest BCUT2D eigenvalue weighted by atomic mass is 79.9. The molecule has 0 bridgehead atoms. The van der Waals surface area contributed by atoms with E-state index < -0.39 is 6.10 Å². The highest BCUT2D eigenvalue weighted by Gasteiger charge is 2.08. The Bertz CT molecular complexity index is 376. The van der Waals surface area contributed by atoms with Crippen LogP contribution in [0.1, 0.15) is 31.4 Å². The zero-order valence-corrected chi connectivity index (χ0v) is 12.1. The highest BCUT2D eigenvalue weighted by molar-refractivity contribution is 9.10. The van der Waals surface area contributed by atoms with Crippen LogP contribution in [0.25, 0.3) is 0 Å². The maximum absolute atomic E-state index is 9.55. The van der Waals surface area contributed by atoms with Gasteiger partial charge in [-0.2, -0.15) is 0 Å². The number of benzene rings is 1. The van der Waals surface area contributed by atoms with E-state index >= 15 is 0 Å². The summed E-state index contributed by atoms with van der Waals surface area (Å²) in [6.45, 7) is 6.50. The third-order valence-corrected chi connectivity index (χ3v) is 3.46. The largest absolute Gasteiger partial charge is 0.389 e. The normalized spacial score (nSPS) is 12.2. The van der Waals surface area contributed by atoms with Gasteiger partial charge in [0.2, 0.25) is 0 Å². The van der Waals surface area contributed by atoms with Crippen molar-refractivity contribution in [2.45, 2.75) is 25.9 Å². The second-order valence-electron chi connectivity index (χ2n) is 4.23. The van der Waals surface area contributed by atoms with Crippen LogP contribution in [-0.4, -0.2) is 18.7 Å². The molecule has 0 heterocycles. The summed E-state index contributed by atoms with van der Waals surface area (Å²) >= 11 is 3.50. The van der Waals surface area contributed by atoms with Crippen LogP contribution in [0.4, 0.5) is 5.69 Å². The number of hydrogen-bond acceptors (Lipinski definition) is 2. The molecule has 2 nitrogen and oxygen atoms in total. The van der Waals surface area contributed by atoms with Crippen LogP contribution in [0.5, 0.6) is 0 Å². The van der Waals surface area contributed by atoms with Gasteiger partial charge in [0.1, 0.15) is 0 Å². The Kier molecular flexibility index (Phi) is 5.72. The molecule has 0 aliphatic carbocycles. The lowest BCUT2D eigenvalue weighted by atomic mass is 10.1. The molecule has 0 fully saturated rings. The van der Waals surface area contributed by atoms with Crippen LogP contribution >= 0.6 is 15.9 Å². The number of hydrogen-bond donors (Lipinski definition) is 1. The van der Waals surface area contributed by atoms with E-state index in [0.717, 1.165) is 35.1 Å². The zero-order valence-electron chi connectivity index (χ0n) is 10.5. The van der Waals surface area contributed by atoms with E-state index in [0.29, 0.717) is 0 Å². The molecule has 1 rings (SSSR count). The van der Waals surface area contributed by atoms with E-state index in [2.05, 4.69) is 40.5 Å². The summed E-state index contributed by atoms with van der Waals surface area (Å²) in [4.78, 5) is 2.21. The van der Waals surface area contributed by atoms with Crippen molar-refractivity contribution < 1.29 is 5.11 Å². The summed E-state index contributed by atoms with van der Waals surface area (Å²) in [5.41, 5.74) is 2.08. The predicted octanol–water partition coefficient (Wildman–Crippen LogP) is 3.90. The summed E-state index contributed by atoms with van der Waals surface area (Å²) in [6, 6.07) is 6.06. The minimum absolute atomic E-state index is 0.440. The smallest absolute Gasteiger partial charge is 0.0772 e. The van der Waals surface area contributed by atoms with E-state index in [1.165, 1.54) is 0 Å². The third-order valence-electron chi connectivity index (χ3n) is 2.78. The van der Waals surface area contributed by atoms with Crippen LogP contribution in [0, 0.1) is 0 Å². The van der Waals surface area contributed by atoms with Crippen LogP contribution in [0.15, 0.2) is 35.3 Å². The number of allylic oxidation sites excluding steroid dienone is 1. The van der Waals surface area contributed by atoms with E-state index in [4.69, 9.17) is 0 Å². The fourth-order valence-corrected chi connectivity index (χ4v) is 2.39. The maximum atomic E-state index is 9.55. The van der Waals surface area contributed by atoms with Crippen LogP contribution in [-0.2, 0) is 0 Å². The van der Waals surface area contributed by atoms with Gasteiger partial charge in [0.15, 0.2) is 0 Å². The number of rotatable bonds is 6. The molecule has 1 aromatic carbocycles. The maximum Gasteiger partial charge on any atom is 0.0772 e. The first-order valence-electron chi connectivity index (χ1n) is 5.85. The molecular formula is C14H20BrNO. The van der Waals surface area contributed by atoms with Crippen molar-refractivity contribution >= 4 is 21.6 Å². The Hall–Kier alpha value is -0.800. The lowest BCUT2D eigenvalue weighted by molar-refractivity contribution is 0.198. The van der Waals surface area contributed by atoms with Crippen molar-refractivity contribution in [1.82, 2.24) is 0 Å². The van der Waals surface area contributed by atoms with Gasteiger partial charge in [0, 0.05) is 23.8 Å². The van der Waals surface area contributed by atoms with Crippen molar-refractivity contribution in [3.05, 3.63) is 40.9 Å². The molecule has 1 N–H and O–H groups in total.